The van der Waals surface area contributed by atoms with Crippen LogP contribution in [0, 0.1) is 0 Å². The lowest BCUT2D eigenvalue weighted by molar-refractivity contribution is -0.253. The summed E-state index contributed by atoms with van der Waals surface area (Å²) in [6, 6.07) is 26.2. The number of hydrogen-bond donors (Lipinski definition) is 2. The van der Waals surface area contributed by atoms with Crippen LogP contribution in [0.5, 0.6) is 0 Å². The minimum Gasteiger partial charge on any atom is -0.392 e. The Morgan fingerprint density at radius 2 is 1.66 bits per heavy atom. The molecule has 1 fully saturated rings. The maximum absolute atomic E-state index is 11.4. The summed E-state index contributed by atoms with van der Waals surface area (Å²) in [5, 5.41) is 12.2. The van der Waals surface area contributed by atoms with Crippen molar-refractivity contribution < 1.29 is 19.4 Å². The maximum Gasteiger partial charge on any atom is 0.221 e. The number of benzene rings is 3. The van der Waals surface area contributed by atoms with Crippen molar-refractivity contribution in [3.63, 3.8) is 0 Å². The molecule has 1 saturated heterocycles. The molecule has 0 spiro atoms. The zero-order chi connectivity index (χ0) is 24.8. The third-order valence-electron chi connectivity index (χ3n) is 6.55. The van der Waals surface area contributed by atoms with Crippen LogP contribution in [-0.4, -0.2) is 35.6 Å². The van der Waals surface area contributed by atoms with E-state index in [0.717, 1.165) is 35.3 Å². The van der Waals surface area contributed by atoms with Gasteiger partial charge in [-0.05, 0) is 42.8 Å². The molecule has 6 nitrogen and oxygen atoms in total. The number of carbonyl (C=O) groups excluding carboxylic acids is 1. The monoisotopic (exact) mass is 474 g/mol. The molecule has 0 radical (unpaired) electrons. The highest BCUT2D eigenvalue weighted by Crippen LogP contribution is 2.38. The van der Waals surface area contributed by atoms with Crippen molar-refractivity contribution in [2.75, 3.05) is 18.9 Å². The van der Waals surface area contributed by atoms with E-state index >= 15 is 0 Å². The van der Waals surface area contributed by atoms with Crippen LogP contribution >= 0.6 is 0 Å². The van der Waals surface area contributed by atoms with Gasteiger partial charge in [-0.25, -0.2) is 0 Å². The van der Waals surface area contributed by atoms with Crippen LogP contribution in [0.3, 0.4) is 0 Å². The van der Waals surface area contributed by atoms with Gasteiger partial charge in [-0.3, -0.25) is 9.69 Å². The topological polar surface area (TPSA) is 71.0 Å². The lowest BCUT2D eigenvalue weighted by Crippen LogP contribution is -2.38. The van der Waals surface area contributed by atoms with Gasteiger partial charge in [0.25, 0.3) is 0 Å². The zero-order valence-corrected chi connectivity index (χ0v) is 20.6. The predicted octanol–water partition coefficient (Wildman–Crippen LogP) is 5.38. The molecule has 6 heteroatoms. The lowest BCUT2D eigenvalue weighted by Gasteiger charge is -2.39. The second kappa shape index (κ2) is 11.6. The molecule has 0 aromatic heterocycles. The molecule has 184 valence electrons. The van der Waals surface area contributed by atoms with Crippen molar-refractivity contribution in [3.8, 4) is 0 Å². The maximum atomic E-state index is 11.4. The molecule has 1 aliphatic heterocycles. The predicted molar refractivity (Wildman–Crippen MR) is 137 cm³/mol. The van der Waals surface area contributed by atoms with Gasteiger partial charge in [0.1, 0.15) is 0 Å². The van der Waals surface area contributed by atoms with Crippen LogP contribution in [0.2, 0.25) is 0 Å². The van der Waals surface area contributed by atoms with E-state index in [1.165, 1.54) is 12.5 Å². The van der Waals surface area contributed by atoms with E-state index in [1.54, 1.807) is 0 Å². The van der Waals surface area contributed by atoms with E-state index in [4.69, 9.17) is 9.47 Å². The second-order valence-corrected chi connectivity index (χ2v) is 9.18. The highest BCUT2D eigenvalue weighted by Gasteiger charge is 2.33. The number of carbonyl (C=O) groups is 1. The van der Waals surface area contributed by atoms with Crippen molar-refractivity contribution in [1.29, 1.82) is 0 Å². The van der Waals surface area contributed by atoms with Crippen LogP contribution in [-0.2, 0) is 20.9 Å². The number of ether oxygens (including phenoxy) is 2. The molecule has 3 aromatic carbocycles. The van der Waals surface area contributed by atoms with Crippen molar-refractivity contribution in [3.05, 3.63) is 101 Å². The normalized spacial score (nSPS) is 21.0. The Morgan fingerprint density at radius 1 is 1.00 bits per heavy atom. The molecule has 1 heterocycles. The molecule has 3 aromatic rings. The molecule has 4 atom stereocenters. The molecule has 1 amide bonds. The fourth-order valence-electron chi connectivity index (χ4n) is 4.43. The number of aliphatic hydroxyl groups is 1. The van der Waals surface area contributed by atoms with Gasteiger partial charge in [0.15, 0.2) is 6.29 Å². The molecule has 35 heavy (non-hydrogen) atoms. The van der Waals surface area contributed by atoms with Gasteiger partial charge in [-0.2, -0.15) is 0 Å². The highest BCUT2D eigenvalue weighted by molar-refractivity contribution is 5.88. The molecular weight excluding hydrogens is 440 g/mol. The first-order valence-electron chi connectivity index (χ1n) is 12.1. The van der Waals surface area contributed by atoms with Gasteiger partial charge in [0.05, 0.1) is 18.8 Å². The first-order chi connectivity index (χ1) is 16.9. The molecule has 1 aliphatic rings. The number of rotatable bonds is 8. The smallest absolute Gasteiger partial charge is 0.221 e. The summed E-state index contributed by atoms with van der Waals surface area (Å²) in [7, 11) is 2.12. The van der Waals surface area contributed by atoms with Crippen LogP contribution in [0.15, 0.2) is 78.9 Å². The van der Waals surface area contributed by atoms with Gasteiger partial charge in [-0.1, -0.05) is 66.7 Å². The molecular formula is C29H34N2O4. The molecule has 0 saturated carbocycles. The van der Waals surface area contributed by atoms with Crippen molar-refractivity contribution in [2.24, 2.45) is 0 Å². The number of nitrogens with zero attached hydrogens (tertiary/aromatic N) is 1. The fraction of sp³-hybridized carbons (Fsp3) is 0.345. The minimum atomic E-state index is -0.525. The van der Waals surface area contributed by atoms with E-state index in [2.05, 4.69) is 48.5 Å². The zero-order valence-electron chi connectivity index (χ0n) is 20.6. The molecule has 2 N–H and O–H groups in total. The lowest BCUT2D eigenvalue weighted by atomic mass is 9.99. The van der Waals surface area contributed by atoms with E-state index in [0.29, 0.717) is 0 Å². The van der Waals surface area contributed by atoms with Gasteiger partial charge in [0, 0.05) is 37.2 Å². The number of anilines is 1. The van der Waals surface area contributed by atoms with Gasteiger partial charge < -0.3 is 19.9 Å². The third kappa shape index (κ3) is 6.55. The summed E-state index contributed by atoms with van der Waals surface area (Å²) in [5.41, 5.74) is 4.84. The van der Waals surface area contributed by atoms with E-state index in [1.807, 2.05) is 54.6 Å². The van der Waals surface area contributed by atoms with Crippen molar-refractivity contribution in [1.82, 2.24) is 4.90 Å². The Hall–Kier alpha value is -3.03. The third-order valence-corrected chi connectivity index (χ3v) is 6.55. The standard InChI is InChI=1S/C29H34N2O4/c1-20(23-7-5-4-6-8-23)31(3)18-27-17-28(24-11-9-22(19-32)10-12-24)35-29(34-27)25-13-15-26(16-14-25)30-21(2)33/h4-16,20,27-29,32H,17-19H2,1-3H3,(H,30,33). The van der Waals surface area contributed by atoms with Crippen LogP contribution in [0.1, 0.15) is 61.0 Å². The van der Waals surface area contributed by atoms with E-state index in [-0.39, 0.29) is 30.8 Å². The highest BCUT2D eigenvalue weighted by atomic mass is 16.7. The summed E-state index contributed by atoms with van der Waals surface area (Å²) >= 11 is 0. The Kier molecular flexibility index (Phi) is 8.31. The van der Waals surface area contributed by atoms with Gasteiger partial charge in [-0.15, -0.1) is 0 Å². The average molecular weight is 475 g/mol. The Labute approximate surface area is 207 Å². The SMILES string of the molecule is CC(=O)Nc1ccc(C2OC(CN(C)C(C)c3ccccc3)CC(c3ccc(CO)cc3)O2)cc1. The Balaban J connectivity index is 1.53. The largest absolute Gasteiger partial charge is 0.392 e. The fourth-order valence-corrected chi connectivity index (χ4v) is 4.43. The van der Waals surface area contributed by atoms with Crippen LogP contribution in [0.25, 0.3) is 0 Å². The summed E-state index contributed by atoms with van der Waals surface area (Å²) in [4.78, 5) is 13.7. The second-order valence-electron chi connectivity index (χ2n) is 9.18. The molecule has 0 bridgehead atoms. The van der Waals surface area contributed by atoms with Crippen molar-refractivity contribution >= 4 is 11.6 Å². The summed E-state index contributed by atoms with van der Waals surface area (Å²) in [5.74, 6) is -0.107. The number of amides is 1. The summed E-state index contributed by atoms with van der Waals surface area (Å²) < 4.78 is 12.9. The van der Waals surface area contributed by atoms with E-state index in [9.17, 15) is 9.90 Å². The van der Waals surface area contributed by atoms with Gasteiger partial charge >= 0.3 is 0 Å². The Bertz CT molecular complexity index is 1090. The van der Waals surface area contributed by atoms with Crippen LogP contribution < -0.4 is 5.32 Å². The first-order valence-corrected chi connectivity index (χ1v) is 12.1. The number of hydrogen-bond acceptors (Lipinski definition) is 5. The van der Waals surface area contributed by atoms with Crippen molar-refractivity contribution in [2.45, 2.75) is 51.4 Å². The van der Waals surface area contributed by atoms with E-state index < -0.39 is 6.29 Å². The Morgan fingerprint density at radius 3 is 2.29 bits per heavy atom. The average Bonchev–Trinajstić information content (AvgIpc) is 2.88. The number of aliphatic hydroxyl groups excluding tert-OH is 1. The number of likely N-dealkylation sites (N-methyl/N-ethyl adjacent to an activating group) is 1. The minimum absolute atomic E-state index is 0.0168. The first kappa shape index (κ1) is 25.1. The molecule has 0 aliphatic carbocycles. The molecule has 4 unspecified atom stereocenters. The summed E-state index contributed by atoms with van der Waals surface area (Å²) in [6.07, 6.45) is 0.0256. The molecule has 4 rings (SSSR count). The number of nitrogens with one attached hydrogen (secondary N) is 1. The van der Waals surface area contributed by atoms with Crippen LogP contribution in [0.4, 0.5) is 5.69 Å². The quantitative estimate of drug-likeness (QED) is 0.459. The summed E-state index contributed by atoms with van der Waals surface area (Å²) in [6.45, 7) is 4.47. The van der Waals surface area contributed by atoms with Gasteiger partial charge in [0.2, 0.25) is 5.91 Å².